The SMILES string of the molecule is CC1(C)CC(=O)C2=C(C1)N(c1ccccc1F)C(N)=C(C#N)[C@@]21C(=O)Nc2ccc(F)cc21. The second-order valence-electron chi connectivity index (χ2n) is 9.32. The maximum atomic E-state index is 14.9. The number of Topliss-reactive ketones (excluding diaryl/α,β-unsaturated/α-hetero) is 1. The summed E-state index contributed by atoms with van der Waals surface area (Å²) in [5, 5.41) is 12.9. The molecule has 1 amide bonds. The number of allylic oxidation sites excluding steroid dienone is 1. The fraction of sp³-hybridized carbons (Fsp3) is 0.240. The number of hydrogen-bond acceptors (Lipinski definition) is 5. The molecule has 1 aliphatic carbocycles. The molecule has 1 atom stereocenters. The number of halogens is 2. The largest absolute Gasteiger partial charge is 0.384 e. The third-order valence-electron chi connectivity index (χ3n) is 6.55. The molecule has 3 N–H and O–H groups in total. The number of hydrogen-bond donors (Lipinski definition) is 2. The molecule has 0 saturated heterocycles. The Morgan fingerprint density at radius 3 is 2.55 bits per heavy atom. The molecule has 0 bridgehead atoms. The minimum atomic E-state index is -1.90. The number of para-hydroxylation sites is 1. The second kappa shape index (κ2) is 6.75. The highest BCUT2D eigenvalue weighted by Gasteiger charge is 2.61. The van der Waals surface area contributed by atoms with E-state index in [2.05, 4.69) is 5.32 Å². The van der Waals surface area contributed by atoms with Crippen LogP contribution in [0.4, 0.5) is 20.2 Å². The smallest absolute Gasteiger partial charge is 0.245 e. The topological polar surface area (TPSA) is 99.2 Å². The Labute approximate surface area is 189 Å². The lowest BCUT2D eigenvalue weighted by Gasteiger charge is -2.46. The van der Waals surface area contributed by atoms with Crippen LogP contribution in [0.25, 0.3) is 0 Å². The zero-order chi connectivity index (χ0) is 23.7. The number of carbonyl (C=O) groups excluding carboxylic acids is 2. The van der Waals surface area contributed by atoms with E-state index in [1.54, 1.807) is 6.07 Å². The number of nitrogens with two attached hydrogens (primary N) is 1. The van der Waals surface area contributed by atoms with Gasteiger partial charge in [0.15, 0.2) is 5.78 Å². The standard InChI is InChI=1S/C25H20F2N4O2/c1-24(2)10-19-21(20(32)11-24)25(14-9-13(26)7-8-17(14)30-23(25)33)15(12-28)22(29)31(19)18-6-4-3-5-16(18)27/h3-9H,10-11,29H2,1-2H3,(H,30,33)/t25-/m1/s1. The van der Waals surface area contributed by atoms with E-state index >= 15 is 0 Å². The summed E-state index contributed by atoms with van der Waals surface area (Å²) in [5.74, 6) is -2.41. The van der Waals surface area contributed by atoms with Crippen LogP contribution in [0.2, 0.25) is 0 Å². The molecule has 2 heterocycles. The molecule has 0 aromatic heterocycles. The maximum Gasteiger partial charge on any atom is 0.245 e. The number of benzene rings is 2. The Morgan fingerprint density at radius 1 is 1.12 bits per heavy atom. The van der Waals surface area contributed by atoms with Crippen LogP contribution in [0.1, 0.15) is 32.3 Å². The van der Waals surface area contributed by atoms with Gasteiger partial charge >= 0.3 is 0 Å². The molecule has 6 nitrogen and oxygen atoms in total. The monoisotopic (exact) mass is 446 g/mol. The van der Waals surface area contributed by atoms with Gasteiger partial charge in [-0.05, 0) is 42.2 Å². The summed E-state index contributed by atoms with van der Waals surface area (Å²) in [6.45, 7) is 3.78. The summed E-state index contributed by atoms with van der Waals surface area (Å²) >= 11 is 0. The lowest BCUT2D eigenvalue weighted by molar-refractivity contribution is -0.123. The van der Waals surface area contributed by atoms with Gasteiger partial charge in [-0.1, -0.05) is 26.0 Å². The van der Waals surface area contributed by atoms with Crippen molar-refractivity contribution in [3.63, 3.8) is 0 Å². The predicted octanol–water partition coefficient (Wildman–Crippen LogP) is 4.01. The van der Waals surface area contributed by atoms with Crippen LogP contribution in [0.5, 0.6) is 0 Å². The number of fused-ring (bicyclic) bond motifs is 3. The predicted molar refractivity (Wildman–Crippen MR) is 117 cm³/mol. The van der Waals surface area contributed by atoms with Crippen molar-refractivity contribution in [2.24, 2.45) is 11.1 Å². The van der Waals surface area contributed by atoms with Crippen molar-refractivity contribution in [1.82, 2.24) is 0 Å². The first kappa shape index (κ1) is 20.9. The quantitative estimate of drug-likeness (QED) is 0.690. The molecule has 33 heavy (non-hydrogen) atoms. The summed E-state index contributed by atoms with van der Waals surface area (Å²) in [4.78, 5) is 28.6. The van der Waals surface area contributed by atoms with Gasteiger partial charge in [-0.15, -0.1) is 0 Å². The average Bonchev–Trinajstić information content (AvgIpc) is 3.00. The van der Waals surface area contributed by atoms with E-state index in [4.69, 9.17) is 5.73 Å². The highest BCUT2D eigenvalue weighted by molar-refractivity contribution is 6.20. The Hall–Kier alpha value is -3.99. The van der Waals surface area contributed by atoms with Gasteiger partial charge in [0.25, 0.3) is 0 Å². The minimum Gasteiger partial charge on any atom is -0.384 e. The van der Waals surface area contributed by atoms with Crippen molar-refractivity contribution in [1.29, 1.82) is 5.26 Å². The van der Waals surface area contributed by atoms with Gasteiger partial charge in [0.2, 0.25) is 5.91 Å². The molecule has 2 aromatic carbocycles. The Balaban J connectivity index is 1.93. The third kappa shape index (κ3) is 2.68. The number of nitriles is 1. The van der Waals surface area contributed by atoms with Crippen LogP contribution in [-0.2, 0) is 15.0 Å². The van der Waals surface area contributed by atoms with Crippen molar-refractivity contribution >= 4 is 23.1 Å². The first-order valence-corrected chi connectivity index (χ1v) is 10.4. The van der Waals surface area contributed by atoms with Crippen molar-refractivity contribution in [2.45, 2.75) is 32.1 Å². The van der Waals surface area contributed by atoms with Crippen molar-refractivity contribution in [3.05, 3.63) is 82.3 Å². The highest BCUT2D eigenvalue weighted by atomic mass is 19.1. The molecule has 166 valence electrons. The molecular weight excluding hydrogens is 426 g/mol. The first-order chi connectivity index (χ1) is 15.6. The van der Waals surface area contributed by atoms with E-state index in [1.165, 1.54) is 35.2 Å². The number of rotatable bonds is 1. The van der Waals surface area contributed by atoms with E-state index < -0.39 is 28.4 Å². The van der Waals surface area contributed by atoms with Crippen LogP contribution in [-0.4, -0.2) is 11.7 Å². The molecule has 5 rings (SSSR count). The molecule has 2 aliphatic heterocycles. The van der Waals surface area contributed by atoms with E-state index in [0.29, 0.717) is 17.8 Å². The van der Waals surface area contributed by atoms with Gasteiger partial charge in [-0.3, -0.25) is 14.5 Å². The minimum absolute atomic E-state index is 0.0395. The first-order valence-electron chi connectivity index (χ1n) is 10.4. The zero-order valence-corrected chi connectivity index (χ0v) is 18.0. The summed E-state index contributed by atoms with van der Waals surface area (Å²) in [5.41, 5.74) is 4.73. The van der Waals surface area contributed by atoms with Crippen LogP contribution in [0.3, 0.4) is 0 Å². The Morgan fingerprint density at radius 2 is 1.85 bits per heavy atom. The molecule has 2 aromatic rings. The molecule has 0 unspecified atom stereocenters. The zero-order valence-electron chi connectivity index (χ0n) is 18.0. The lowest BCUT2D eigenvalue weighted by Crippen LogP contribution is -2.52. The second-order valence-corrected chi connectivity index (χ2v) is 9.32. The number of carbonyl (C=O) groups is 2. The van der Waals surface area contributed by atoms with Crippen molar-refractivity contribution in [2.75, 3.05) is 10.2 Å². The van der Waals surface area contributed by atoms with Gasteiger partial charge in [0, 0.05) is 28.9 Å². The fourth-order valence-electron chi connectivity index (χ4n) is 5.30. The number of amides is 1. The Bertz CT molecular complexity index is 1370. The third-order valence-corrected chi connectivity index (χ3v) is 6.55. The molecule has 8 heteroatoms. The highest BCUT2D eigenvalue weighted by Crippen LogP contribution is 2.57. The van der Waals surface area contributed by atoms with Crippen LogP contribution < -0.4 is 16.0 Å². The molecule has 0 saturated carbocycles. The van der Waals surface area contributed by atoms with Crippen LogP contribution in [0.15, 0.2) is 65.1 Å². The molecule has 0 radical (unpaired) electrons. The lowest BCUT2D eigenvalue weighted by atomic mass is 9.60. The van der Waals surface area contributed by atoms with Crippen LogP contribution in [0, 0.1) is 28.4 Å². The van der Waals surface area contributed by atoms with Gasteiger partial charge in [0.1, 0.15) is 28.9 Å². The van der Waals surface area contributed by atoms with Crippen LogP contribution >= 0.6 is 0 Å². The summed E-state index contributed by atoms with van der Waals surface area (Å²) in [6, 6.07) is 11.6. The number of ketones is 1. The molecular formula is C25H20F2N4O2. The van der Waals surface area contributed by atoms with E-state index in [0.717, 1.165) is 6.07 Å². The number of nitrogens with one attached hydrogen (secondary N) is 1. The van der Waals surface area contributed by atoms with E-state index in [-0.39, 0.29) is 40.4 Å². The Kier molecular flexibility index (Phi) is 4.27. The normalized spacial score (nSPS) is 23.4. The fourth-order valence-corrected chi connectivity index (χ4v) is 5.30. The number of nitrogens with zero attached hydrogens (tertiary/aromatic N) is 2. The van der Waals surface area contributed by atoms with Crippen molar-refractivity contribution < 1.29 is 18.4 Å². The summed E-state index contributed by atoms with van der Waals surface area (Å²) in [6.07, 6.45) is 0.400. The van der Waals surface area contributed by atoms with E-state index in [1.807, 2.05) is 19.9 Å². The van der Waals surface area contributed by atoms with Gasteiger partial charge in [-0.25, -0.2) is 8.78 Å². The molecule has 1 spiro atoms. The number of anilines is 2. The summed E-state index contributed by atoms with van der Waals surface area (Å²) < 4.78 is 29.3. The van der Waals surface area contributed by atoms with Gasteiger partial charge < -0.3 is 11.1 Å². The molecule has 0 fully saturated rings. The molecule has 3 aliphatic rings. The van der Waals surface area contributed by atoms with E-state index in [9.17, 15) is 23.6 Å². The summed E-state index contributed by atoms with van der Waals surface area (Å²) in [7, 11) is 0. The van der Waals surface area contributed by atoms with Crippen molar-refractivity contribution in [3.8, 4) is 6.07 Å². The average molecular weight is 446 g/mol. The van der Waals surface area contributed by atoms with Gasteiger partial charge in [0.05, 0.1) is 11.3 Å². The van der Waals surface area contributed by atoms with Gasteiger partial charge in [-0.2, -0.15) is 5.26 Å². The maximum absolute atomic E-state index is 14.9.